The van der Waals surface area contributed by atoms with E-state index < -0.39 is 0 Å². The van der Waals surface area contributed by atoms with Crippen molar-refractivity contribution in [3.63, 3.8) is 0 Å². The lowest BCUT2D eigenvalue weighted by atomic mass is 9.82. The molecule has 0 N–H and O–H groups in total. The third-order valence-corrected chi connectivity index (χ3v) is 12.7. The average molecular weight is 660 g/mol. The fraction of sp³-hybridized carbons (Fsp3) is 0.125. The van der Waals surface area contributed by atoms with Crippen molar-refractivity contribution in [2.75, 3.05) is 4.90 Å². The summed E-state index contributed by atoms with van der Waals surface area (Å²) in [7, 11) is 0. The van der Waals surface area contributed by atoms with Gasteiger partial charge in [-0.2, -0.15) is 0 Å². The van der Waals surface area contributed by atoms with Crippen LogP contribution in [0.5, 0.6) is 0 Å². The molecule has 0 unspecified atom stereocenters. The van der Waals surface area contributed by atoms with Crippen molar-refractivity contribution < 1.29 is 0 Å². The van der Waals surface area contributed by atoms with Gasteiger partial charge in [0.25, 0.3) is 0 Å². The normalized spacial score (nSPS) is 14.7. The van der Waals surface area contributed by atoms with Crippen molar-refractivity contribution in [2.24, 2.45) is 0 Å². The second-order valence-electron chi connectivity index (χ2n) is 14.9. The maximum Gasteiger partial charge on any atom is 0.0543 e. The molecular formula is C48H37NS. The molecule has 1 nitrogen and oxygen atoms in total. The van der Waals surface area contributed by atoms with Gasteiger partial charge >= 0.3 is 0 Å². The summed E-state index contributed by atoms with van der Waals surface area (Å²) in [5.74, 6) is 0. The number of thiophene rings is 1. The van der Waals surface area contributed by atoms with Crippen LogP contribution >= 0.6 is 11.3 Å². The van der Waals surface area contributed by atoms with Gasteiger partial charge < -0.3 is 4.90 Å². The molecule has 0 radical (unpaired) electrons. The number of anilines is 3. The predicted molar refractivity (Wildman–Crippen MR) is 215 cm³/mol. The van der Waals surface area contributed by atoms with Crippen LogP contribution in [0.4, 0.5) is 17.1 Å². The van der Waals surface area contributed by atoms with Crippen LogP contribution in [0, 0.1) is 0 Å². The molecule has 0 fully saturated rings. The molecule has 8 aromatic rings. The van der Waals surface area contributed by atoms with Gasteiger partial charge in [0.05, 0.1) is 11.4 Å². The van der Waals surface area contributed by atoms with Crippen molar-refractivity contribution in [1.29, 1.82) is 0 Å². The first-order valence-corrected chi connectivity index (χ1v) is 18.4. The lowest BCUT2D eigenvalue weighted by Crippen LogP contribution is -2.17. The summed E-state index contributed by atoms with van der Waals surface area (Å²) in [5, 5.41) is 2.66. The molecule has 0 saturated carbocycles. The van der Waals surface area contributed by atoms with Gasteiger partial charge in [0.2, 0.25) is 0 Å². The molecule has 0 spiro atoms. The molecule has 7 aromatic carbocycles. The van der Waals surface area contributed by atoms with Gasteiger partial charge in [-0.3, -0.25) is 0 Å². The van der Waals surface area contributed by atoms with E-state index >= 15 is 0 Å². The number of hydrogen-bond acceptors (Lipinski definition) is 2. The summed E-state index contributed by atoms with van der Waals surface area (Å²) >= 11 is 1.89. The highest BCUT2D eigenvalue weighted by Gasteiger charge is 2.40. The number of rotatable bonds is 4. The largest absolute Gasteiger partial charge is 0.309 e. The van der Waals surface area contributed by atoms with E-state index in [2.05, 4.69) is 184 Å². The van der Waals surface area contributed by atoms with Crippen molar-refractivity contribution in [2.45, 2.75) is 38.5 Å². The summed E-state index contributed by atoms with van der Waals surface area (Å²) in [6.45, 7) is 9.48. The third-order valence-electron chi connectivity index (χ3n) is 11.5. The van der Waals surface area contributed by atoms with Gasteiger partial charge in [-0.05, 0) is 74.8 Å². The van der Waals surface area contributed by atoms with E-state index in [4.69, 9.17) is 0 Å². The molecule has 0 atom stereocenters. The standard InChI is InChI=1S/C48H37NS/c1-47(2)37-19-8-5-15-35(37)44-39(47)21-12-23-41(44)49(42-24-13-22-40-45(42)36-16-6-9-20-38(36)48(40,3)4)31-28-26-30(27-29-31)32-17-11-18-34-33-14-7-10-25-43(33)50-46(32)34/h5-29H,1-4H3. The van der Waals surface area contributed by atoms with Crippen LogP contribution in [-0.4, -0.2) is 0 Å². The zero-order valence-electron chi connectivity index (χ0n) is 28.8. The first-order chi connectivity index (χ1) is 24.3. The fourth-order valence-electron chi connectivity index (χ4n) is 9.02. The number of benzene rings is 7. The number of hydrogen-bond donors (Lipinski definition) is 0. The molecule has 240 valence electrons. The highest BCUT2D eigenvalue weighted by atomic mass is 32.1. The van der Waals surface area contributed by atoms with E-state index in [0.29, 0.717) is 0 Å². The Kier molecular flexibility index (Phi) is 6.21. The quantitative estimate of drug-likeness (QED) is 0.182. The molecule has 2 heteroatoms. The molecule has 50 heavy (non-hydrogen) atoms. The Labute approximate surface area is 298 Å². The van der Waals surface area contributed by atoms with Gasteiger partial charge in [0.1, 0.15) is 0 Å². The average Bonchev–Trinajstić information content (AvgIpc) is 3.73. The molecule has 2 aliphatic carbocycles. The monoisotopic (exact) mass is 659 g/mol. The van der Waals surface area contributed by atoms with E-state index in [1.165, 1.54) is 87.2 Å². The summed E-state index contributed by atoms with van der Waals surface area (Å²) in [5.41, 5.74) is 16.8. The van der Waals surface area contributed by atoms with E-state index in [9.17, 15) is 0 Å². The zero-order chi connectivity index (χ0) is 33.8. The van der Waals surface area contributed by atoms with Crippen molar-refractivity contribution in [1.82, 2.24) is 0 Å². The molecule has 10 rings (SSSR count). The van der Waals surface area contributed by atoms with E-state index in [1.54, 1.807) is 0 Å². The van der Waals surface area contributed by atoms with Crippen LogP contribution < -0.4 is 4.90 Å². The number of fused-ring (bicyclic) bond motifs is 9. The minimum atomic E-state index is -0.0897. The van der Waals surface area contributed by atoms with Crippen molar-refractivity contribution >= 4 is 48.6 Å². The second kappa shape index (κ2) is 10.5. The molecule has 1 aromatic heterocycles. The van der Waals surface area contributed by atoms with Gasteiger partial charge in [-0.1, -0.05) is 149 Å². The highest BCUT2D eigenvalue weighted by Crippen LogP contribution is 2.58. The zero-order valence-corrected chi connectivity index (χ0v) is 29.6. The van der Waals surface area contributed by atoms with E-state index in [0.717, 1.165) is 5.69 Å². The lowest BCUT2D eigenvalue weighted by Gasteiger charge is -2.31. The van der Waals surface area contributed by atoms with Crippen LogP contribution in [0.1, 0.15) is 49.9 Å². The third kappa shape index (κ3) is 4.00. The van der Waals surface area contributed by atoms with Gasteiger partial charge in [0, 0.05) is 47.8 Å². The fourth-order valence-corrected chi connectivity index (χ4v) is 10.3. The van der Waals surface area contributed by atoms with Crippen LogP contribution in [-0.2, 0) is 10.8 Å². The van der Waals surface area contributed by atoms with Gasteiger partial charge in [-0.15, -0.1) is 11.3 Å². The Hall–Kier alpha value is -5.44. The lowest BCUT2D eigenvalue weighted by molar-refractivity contribution is 0.660. The number of nitrogens with zero attached hydrogens (tertiary/aromatic N) is 1. The Morgan fingerprint density at radius 1 is 0.420 bits per heavy atom. The summed E-state index contributed by atoms with van der Waals surface area (Å²) in [6, 6.07) is 56.6. The van der Waals surface area contributed by atoms with Crippen molar-refractivity contribution in [3.05, 3.63) is 174 Å². The molecule has 1 heterocycles. The molecule has 0 bridgehead atoms. The summed E-state index contributed by atoms with van der Waals surface area (Å²) < 4.78 is 2.68. The Morgan fingerprint density at radius 2 is 0.900 bits per heavy atom. The second-order valence-corrected chi connectivity index (χ2v) is 16.0. The van der Waals surface area contributed by atoms with Crippen molar-refractivity contribution in [3.8, 4) is 33.4 Å². The van der Waals surface area contributed by atoms with E-state index in [1.807, 2.05) is 11.3 Å². The summed E-state index contributed by atoms with van der Waals surface area (Å²) in [4.78, 5) is 2.54. The minimum Gasteiger partial charge on any atom is -0.309 e. The maximum absolute atomic E-state index is 2.54. The Balaban J connectivity index is 1.22. The first-order valence-electron chi connectivity index (χ1n) is 17.6. The van der Waals surface area contributed by atoms with Crippen LogP contribution in [0.15, 0.2) is 152 Å². The van der Waals surface area contributed by atoms with Gasteiger partial charge in [0.15, 0.2) is 0 Å². The molecule has 2 aliphatic rings. The molecule has 0 saturated heterocycles. The van der Waals surface area contributed by atoms with Crippen LogP contribution in [0.2, 0.25) is 0 Å². The topological polar surface area (TPSA) is 3.24 Å². The molecule has 0 aliphatic heterocycles. The molecule has 0 amide bonds. The highest BCUT2D eigenvalue weighted by molar-refractivity contribution is 7.26. The maximum atomic E-state index is 2.54. The van der Waals surface area contributed by atoms with E-state index in [-0.39, 0.29) is 10.8 Å². The first kappa shape index (κ1) is 29.5. The molecular weight excluding hydrogens is 623 g/mol. The van der Waals surface area contributed by atoms with Gasteiger partial charge in [-0.25, -0.2) is 0 Å². The smallest absolute Gasteiger partial charge is 0.0543 e. The Morgan fingerprint density at radius 3 is 1.52 bits per heavy atom. The summed E-state index contributed by atoms with van der Waals surface area (Å²) in [6.07, 6.45) is 0. The minimum absolute atomic E-state index is 0.0897. The predicted octanol–water partition coefficient (Wildman–Crippen LogP) is 13.8. The SMILES string of the molecule is CC1(C)c2ccccc2-c2c(N(c3ccc(-c4cccc5c4sc4ccccc45)cc3)c3cccc4c3-c3ccccc3C4(C)C)cccc21. The van der Waals surface area contributed by atoms with Crippen LogP contribution in [0.25, 0.3) is 53.6 Å². The van der Waals surface area contributed by atoms with Crippen LogP contribution in [0.3, 0.4) is 0 Å². The Bertz CT molecular complexity index is 2550.